The molecule has 0 unspecified atom stereocenters. The number of amides is 1. The van der Waals surface area contributed by atoms with E-state index >= 15 is 0 Å². The van der Waals surface area contributed by atoms with Gasteiger partial charge >= 0.3 is 0 Å². The number of rotatable bonds is 5. The number of carbonyl (C=O) groups is 1. The molecule has 4 rings (SSSR count). The number of aryl methyl sites for hydroxylation is 1. The largest absolute Gasteiger partial charge is 0.364 e. The lowest BCUT2D eigenvalue weighted by atomic mass is 10.1. The molecule has 5 nitrogen and oxygen atoms in total. The zero-order chi connectivity index (χ0) is 18.6. The van der Waals surface area contributed by atoms with E-state index in [1.807, 2.05) is 47.8 Å². The average Bonchev–Trinajstić information content (AvgIpc) is 3.38. The minimum Gasteiger partial charge on any atom is -0.364 e. The lowest BCUT2D eigenvalue weighted by molar-refractivity contribution is 0.0984. The fourth-order valence-corrected chi connectivity index (χ4v) is 3.46. The number of benzene rings is 2. The summed E-state index contributed by atoms with van der Waals surface area (Å²) in [5, 5.41) is 6.60. The Labute approximate surface area is 160 Å². The van der Waals surface area contributed by atoms with E-state index in [1.165, 1.54) is 17.6 Å². The Morgan fingerprint density at radius 2 is 1.81 bits per heavy atom. The molecule has 6 heteroatoms. The maximum Gasteiger partial charge on any atom is 0.263 e. The lowest BCUT2D eigenvalue weighted by Gasteiger charge is -2.21. The predicted octanol–water partition coefficient (Wildman–Crippen LogP) is 4.95. The van der Waals surface area contributed by atoms with Crippen molar-refractivity contribution in [3.63, 3.8) is 0 Å². The second kappa shape index (κ2) is 7.55. The molecule has 0 aliphatic rings. The molecule has 0 bridgehead atoms. The molecule has 0 fully saturated rings. The Bertz CT molecular complexity index is 1030. The van der Waals surface area contributed by atoms with Crippen LogP contribution in [-0.2, 0) is 6.54 Å². The van der Waals surface area contributed by atoms with Crippen LogP contribution >= 0.6 is 11.3 Å². The zero-order valence-corrected chi connectivity index (χ0v) is 15.5. The predicted molar refractivity (Wildman–Crippen MR) is 106 cm³/mol. The molecule has 0 spiro atoms. The van der Waals surface area contributed by atoms with Gasteiger partial charge in [-0.3, -0.25) is 4.79 Å². The van der Waals surface area contributed by atoms with Gasteiger partial charge in [-0.1, -0.05) is 47.6 Å². The third-order valence-corrected chi connectivity index (χ3v) is 5.05. The topological polar surface area (TPSA) is 59.2 Å². The van der Waals surface area contributed by atoms with E-state index < -0.39 is 0 Å². The smallest absolute Gasteiger partial charge is 0.263 e. The van der Waals surface area contributed by atoms with Crippen LogP contribution in [0, 0.1) is 6.92 Å². The van der Waals surface area contributed by atoms with E-state index in [-0.39, 0.29) is 5.91 Å². The van der Waals surface area contributed by atoms with Crippen molar-refractivity contribution in [2.45, 2.75) is 13.5 Å². The highest BCUT2D eigenvalue weighted by atomic mass is 32.1. The first-order chi connectivity index (χ1) is 13.2. The number of anilines is 1. The Morgan fingerprint density at radius 3 is 2.44 bits per heavy atom. The molecule has 0 radical (unpaired) electrons. The number of nitrogens with zero attached hydrogens (tertiary/aromatic N) is 3. The first kappa shape index (κ1) is 17.2. The monoisotopic (exact) mass is 375 g/mol. The average molecular weight is 375 g/mol. The molecule has 0 aliphatic carbocycles. The number of carbonyl (C=O) groups excluding carboxylic acids is 1. The van der Waals surface area contributed by atoms with Gasteiger partial charge in [0.25, 0.3) is 5.91 Å². The van der Waals surface area contributed by atoms with Crippen molar-refractivity contribution in [2.24, 2.45) is 0 Å². The highest BCUT2D eigenvalue weighted by Gasteiger charge is 2.23. The van der Waals surface area contributed by atoms with Gasteiger partial charge in [0.05, 0.1) is 12.2 Å². The standard InChI is InChI=1S/C21H17N3O2S/c1-15-19(14-26-23-15)21(25)24(13-20-22-11-12-27-20)18-9-7-17(8-10-18)16-5-3-2-4-6-16/h2-12,14H,13H2,1H3. The third kappa shape index (κ3) is 3.66. The van der Waals surface area contributed by atoms with Gasteiger partial charge in [0.15, 0.2) is 0 Å². The molecule has 0 saturated carbocycles. The highest BCUT2D eigenvalue weighted by molar-refractivity contribution is 7.09. The van der Waals surface area contributed by atoms with Crippen LogP contribution in [0.3, 0.4) is 0 Å². The molecule has 1 amide bonds. The Kier molecular flexibility index (Phi) is 4.80. The van der Waals surface area contributed by atoms with E-state index in [4.69, 9.17) is 4.52 Å². The molecule has 2 heterocycles. The molecule has 0 atom stereocenters. The van der Waals surface area contributed by atoms with Crippen LogP contribution in [0.2, 0.25) is 0 Å². The van der Waals surface area contributed by atoms with Crippen LogP contribution < -0.4 is 4.90 Å². The molecule has 0 N–H and O–H groups in total. The minimum atomic E-state index is -0.156. The van der Waals surface area contributed by atoms with E-state index in [0.717, 1.165) is 21.8 Å². The molecule has 0 saturated heterocycles. The van der Waals surface area contributed by atoms with E-state index in [1.54, 1.807) is 18.0 Å². The fraction of sp³-hybridized carbons (Fsp3) is 0.0952. The van der Waals surface area contributed by atoms with Crippen LogP contribution in [0.5, 0.6) is 0 Å². The van der Waals surface area contributed by atoms with Gasteiger partial charge in [-0.15, -0.1) is 11.3 Å². The summed E-state index contributed by atoms with van der Waals surface area (Å²) in [4.78, 5) is 19.1. The maximum atomic E-state index is 13.1. The van der Waals surface area contributed by atoms with Gasteiger partial charge < -0.3 is 9.42 Å². The first-order valence-corrected chi connectivity index (χ1v) is 9.37. The molecular formula is C21H17N3O2S. The van der Waals surface area contributed by atoms with Crippen molar-refractivity contribution in [1.82, 2.24) is 10.1 Å². The van der Waals surface area contributed by atoms with Crippen molar-refractivity contribution in [3.05, 3.63) is 88.7 Å². The van der Waals surface area contributed by atoms with Crippen LogP contribution in [0.1, 0.15) is 21.1 Å². The Balaban J connectivity index is 1.68. The van der Waals surface area contributed by atoms with E-state index in [9.17, 15) is 4.79 Å². The van der Waals surface area contributed by atoms with Crippen molar-refractivity contribution in [2.75, 3.05) is 4.90 Å². The van der Waals surface area contributed by atoms with Crippen molar-refractivity contribution < 1.29 is 9.32 Å². The van der Waals surface area contributed by atoms with Crippen LogP contribution in [0.4, 0.5) is 5.69 Å². The number of thiazole rings is 1. The second-order valence-electron chi connectivity index (χ2n) is 6.04. The van der Waals surface area contributed by atoms with Gasteiger partial charge in [-0.25, -0.2) is 4.98 Å². The van der Waals surface area contributed by atoms with Crippen LogP contribution in [0.15, 0.2) is 77.0 Å². The highest BCUT2D eigenvalue weighted by Crippen LogP contribution is 2.26. The molecule has 2 aromatic carbocycles. The summed E-state index contributed by atoms with van der Waals surface area (Å²) in [5.74, 6) is -0.156. The van der Waals surface area contributed by atoms with Gasteiger partial charge in [-0.05, 0) is 30.2 Å². The summed E-state index contributed by atoms with van der Waals surface area (Å²) < 4.78 is 4.95. The zero-order valence-electron chi connectivity index (χ0n) is 14.7. The Hall–Kier alpha value is -3.25. The summed E-state index contributed by atoms with van der Waals surface area (Å²) in [7, 11) is 0. The van der Waals surface area contributed by atoms with Gasteiger partial charge in [0, 0.05) is 17.3 Å². The third-order valence-electron chi connectivity index (χ3n) is 4.29. The number of hydrogen-bond acceptors (Lipinski definition) is 5. The summed E-state index contributed by atoms with van der Waals surface area (Å²) in [6.45, 7) is 2.16. The van der Waals surface area contributed by atoms with E-state index in [2.05, 4.69) is 22.3 Å². The van der Waals surface area contributed by atoms with Crippen molar-refractivity contribution in [3.8, 4) is 11.1 Å². The summed E-state index contributed by atoms with van der Waals surface area (Å²) in [6, 6.07) is 18.1. The molecule has 27 heavy (non-hydrogen) atoms. The summed E-state index contributed by atoms with van der Waals surface area (Å²) in [5.41, 5.74) is 4.07. The second-order valence-corrected chi connectivity index (χ2v) is 7.02. The number of aromatic nitrogens is 2. The maximum absolute atomic E-state index is 13.1. The summed E-state index contributed by atoms with van der Waals surface area (Å²) in [6.07, 6.45) is 3.14. The number of hydrogen-bond donors (Lipinski definition) is 0. The van der Waals surface area contributed by atoms with Crippen molar-refractivity contribution in [1.29, 1.82) is 0 Å². The fourth-order valence-electron chi connectivity index (χ4n) is 2.85. The Morgan fingerprint density at radius 1 is 1.07 bits per heavy atom. The van der Waals surface area contributed by atoms with Crippen LogP contribution in [-0.4, -0.2) is 16.0 Å². The molecule has 2 aromatic heterocycles. The van der Waals surface area contributed by atoms with E-state index in [0.29, 0.717) is 17.8 Å². The van der Waals surface area contributed by atoms with Gasteiger partial charge in [-0.2, -0.15) is 0 Å². The summed E-state index contributed by atoms with van der Waals surface area (Å²) >= 11 is 1.52. The molecule has 4 aromatic rings. The molecular weight excluding hydrogens is 358 g/mol. The van der Waals surface area contributed by atoms with Crippen molar-refractivity contribution >= 4 is 22.9 Å². The lowest BCUT2D eigenvalue weighted by Crippen LogP contribution is -2.30. The normalized spacial score (nSPS) is 10.7. The van der Waals surface area contributed by atoms with Gasteiger partial charge in [0.2, 0.25) is 0 Å². The molecule has 0 aliphatic heterocycles. The van der Waals surface area contributed by atoms with Gasteiger partial charge in [0.1, 0.15) is 16.8 Å². The van der Waals surface area contributed by atoms with Crippen LogP contribution in [0.25, 0.3) is 11.1 Å². The molecule has 134 valence electrons. The minimum absolute atomic E-state index is 0.156. The quantitative estimate of drug-likeness (QED) is 0.495. The SMILES string of the molecule is Cc1nocc1C(=O)N(Cc1nccs1)c1ccc(-c2ccccc2)cc1. The first-order valence-electron chi connectivity index (χ1n) is 8.49.